The van der Waals surface area contributed by atoms with Crippen LogP contribution in [0.4, 0.5) is 4.79 Å². The summed E-state index contributed by atoms with van der Waals surface area (Å²) in [6, 6.07) is 0. The van der Waals surface area contributed by atoms with E-state index in [1.165, 1.54) is 57.0 Å². The predicted molar refractivity (Wildman–Crippen MR) is 126 cm³/mol. The van der Waals surface area contributed by atoms with Crippen LogP contribution in [0.15, 0.2) is 0 Å². The lowest BCUT2D eigenvalue weighted by Gasteiger charge is -2.34. The lowest BCUT2D eigenvalue weighted by atomic mass is 10.4. The molecule has 1 N–H and O–H groups in total. The van der Waals surface area contributed by atoms with Gasteiger partial charge in [0.25, 0.3) is 0 Å². The standard InChI is InChI=1S/C21H46NO5PSi/c1-9-13-16-28(17-14-10-2,18-15-11-3)19(5)27-21(23)22-20(12-4)29(24-6,25-7)26-8/h19-20H,9-18H2,1-8H3/p+1. The third-order valence-electron chi connectivity index (χ3n) is 5.90. The van der Waals surface area contributed by atoms with Crippen LogP contribution in [-0.2, 0) is 18.0 Å². The van der Waals surface area contributed by atoms with Gasteiger partial charge in [0.15, 0.2) is 0 Å². The lowest BCUT2D eigenvalue weighted by molar-refractivity contribution is 0.0971. The number of unbranched alkanes of at least 4 members (excludes halogenated alkanes) is 3. The molecule has 0 saturated carbocycles. The van der Waals surface area contributed by atoms with E-state index < -0.39 is 16.1 Å². The van der Waals surface area contributed by atoms with E-state index in [-0.39, 0.29) is 17.6 Å². The van der Waals surface area contributed by atoms with Gasteiger partial charge in [-0.05, 0) is 25.7 Å². The smallest absolute Gasteiger partial charge is 0.412 e. The van der Waals surface area contributed by atoms with Gasteiger partial charge in [-0.1, -0.05) is 47.0 Å². The molecule has 0 aromatic rings. The average Bonchev–Trinajstić information content (AvgIpc) is 2.74. The summed E-state index contributed by atoms with van der Waals surface area (Å²) in [6.07, 6.45) is 11.1. The van der Waals surface area contributed by atoms with Crippen LogP contribution in [0, 0.1) is 0 Å². The van der Waals surface area contributed by atoms with Gasteiger partial charge in [0.1, 0.15) is 5.67 Å². The second-order valence-electron chi connectivity index (χ2n) is 7.78. The van der Waals surface area contributed by atoms with Crippen molar-refractivity contribution in [1.82, 2.24) is 5.32 Å². The summed E-state index contributed by atoms with van der Waals surface area (Å²) in [6.45, 7) is 10.8. The third-order valence-corrected chi connectivity index (χ3v) is 14.3. The minimum absolute atomic E-state index is 0.0339. The normalized spacial score (nSPS) is 14.5. The molecule has 1 amide bonds. The molecule has 6 nitrogen and oxygen atoms in total. The molecule has 0 aromatic carbocycles. The zero-order valence-electron chi connectivity index (χ0n) is 20.2. The largest absolute Gasteiger partial charge is 0.523 e. The molecule has 0 aliphatic heterocycles. The van der Waals surface area contributed by atoms with E-state index in [9.17, 15) is 4.79 Å². The Labute approximate surface area is 181 Å². The van der Waals surface area contributed by atoms with Gasteiger partial charge in [0.05, 0.1) is 25.7 Å². The maximum absolute atomic E-state index is 12.8. The van der Waals surface area contributed by atoms with Crippen molar-refractivity contribution in [1.29, 1.82) is 0 Å². The summed E-state index contributed by atoms with van der Waals surface area (Å²) in [5.41, 5.74) is -0.336. The Morgan fingerprint density at radius 2 is 1.28 bits per heavy atom. The SMILES string of the molecule is CCCC[P+](CCCC)(CCCC)C(C)OC(=O)NC(CC)[Si](OC)(OC)OC. The topological polar surface area (TPSA) is 66.0 Å². The zero-order valence-corrected chi connectivity index (χ0v) is 22.1. The summed E-state index contributed by atoms with van der Waals surface area (Å²) in [7, 11) is 0.350. The molecule has 0 aliphatic rings. The lowest BCUT2D eigenvalue weighted by Crippen LogP contribution is -2.61. The molecule has 2 unspecified atom stereocenters. The summed E-state index contributed by atoms with van der Waals surface area (Å²) in [5.74, 6) is -0.0339. The van der Waals surface area contributed by atoms with Crippen molar-refractivity contribution < 1.29 is 22.8 Å². The minimum Gasteiger partial charge on any atom is -0.412 e. The number of nitrogens with one attached hydrogen (secondary N) is 1. The van der Waals surface area contributed by atoms with Crippen LogP contribution < -0.4 is 5.32 Å². The second kappa shape index (κ2) is 15.6. The highest BCUT2D eigenvalue weighted by atomic mass is 31.2. The van der Waals surface area contributed by atoms with Gasteiger partial charge in [-0.15, -0.1) is 0 Å². The fourth-order valence-electron chi connectivity index (χ4n) is 3.86. The number of amides is 1. The molecule has 2 atom stereocenters. The van der Waals surface area contributed by atoms with E-state index in [0.29, 0.717) is 6.42 Å². The van der Waals surface area contributed by atoms with E-state index in [2.05, 4.69) is 33.0 Å². The van der Waals surface area contributed by atoms with E-state index in [0.717, 1.165) is 0 Å². The summed E-state index contributed by atoms with van der Waals surface area (Å²) in [4.78, 5) is 12.8. The number of rotatable bonds is 17. The van der Waals surface area contributed by atoms with E-state index in [1.807, 2.05) is 6.92 Å². The molecule has 8 heteroatoms. The molecule has 0 aliphatic carbocycles. The Morgan fingerprint density at radius 1 is 0.862 bits per heavy atom. The first-order valence-electron chi connectivity index (χ1n) is 11.3. The van der Waals surface area contributed by atoms with E-state index >= 15 is 0 Å². The van der Waals surface area contributed by atoms with E-state index in [4.69, 9.17) is 18.0 Å². The molecule has 0 saturated heterocycles. The number of ether oxygens (including phenoxy) is 1. The molecule has 0 rings (SSSR count). The van der Waals surface area contributed by atoms with Crippen LogP contribution in [0.2, 0.25) is 0 Å². The molecule has 0 heterocycles. The predicted octanol–water partition coefficient (Wildman–Crippen LogP) is 5.67. The maximum atomic E-state index is 12.8. The first kappa shape index (κ1) is 28.8. The van der Waals surface area contributed by atoms with Gasteiger partial charge >= 0.3 is 14.9 Å². The molecule has 0 fully saturated rings. The van der Waals surface area contributed by atoms with Crippen LogP contribution in [-0.4, -0.2) is 66.2 Å². The van der Waals surface area contributed by atoms with Gasteiger partial charge in [0, 0.05) is 28.3 Å². The maximum Gasteiger partial charge on any atom is 0.523 e. The molecule has 0 spiro atoms. The first-order chi connectivity index (χ1) is 13.8. The summed E-state index contributed by atoms with van der Waals surface area (Å²) < 4.78 is 22.7. The quantitative estimate of drug-likeness (QED) is 0.227. The molecular weight excluding hydrogens is 405 g/mol. The monoisotopic (exact) mass is 452 g/mol. The minimum atomic E-state index is -2.97. The molecule has 29 heavy (non-hydrogen) atoms. The van der Waals surface area contributed by atoms with Crippen molar-refractivity contribution in [3.8, 4) is 0 Å². The zero-order chi connectivity index (χ0) is 22.3. The number of carbonyl (C=O) groups is 1. The number of hydrogen-bond acceptors (Lipinski definition) is 5. The number of alkyl carbamates (subject to hydrolysis) is 1. The highest BCUT2D eigenvalue weighted by Crippen LogP contribution is 2.65. The Hall–Kier alpha value is -0.203. The van der Waals surface area contributed by atoms with Crippen molar-refractivity contribution in [3.05, 3.63) is 0 Å². The van der Waals surface area contributed by atoms with Crippen LogP contribution in [0.1, 0.15) is 79.6 Å². The Balaban J connectivity index is 5.37. The van der Waals surface area contributed by atoms with Crippen molar-refractivity contribution in [2.24, 2.45) is 0 Å². The molecule has 0 bridgehead atoms. The van der Waals surface area contributed by atoms with Gasteiger partial charge in [-0.25, -0.2) is 4.79 Å². The molecular formula is C21H47NO5PSi+. The highest BCUT2D eigenvalue weighted by Gasteiger charge is 2.49. The number of carbonyl (C=O) groups excluding carboxylic acids is 1. The van der Waals surface area contributed by atoms with Crippen molar-refractivity contribution in [2.45, 2.75) is 91.1 Å². The Bertz CT molecular complexity index is 407. The fourth-order valence-corrected chi connectivity index (χ4v) is 10.9. The van der Waals surface area contributed by atoms with E-state index in [1.54, 1.807) is 21.3 Å². The van der Waals surface area contributed by atoms with Crippen LogP contribution >= 0.6 is 7.26 Å². The van der Waals surface area contributed by atoms with Crippen LogP contribution in [0.25, 0.3) is 0 Å². The van der Waals surface area contributed by atoms with Crippen LogP contribution in [0.3, 0.4) is 0 Å². The fraction of sp³-hybridized carbons (Fsp3) is 0.952. The van der Waals surface area contributed by atoms with Crippen LogP contribution in [0.5, 0.6) is 0 Å². The highest BCUT2D eigenvalue weighted by molar-refractivity contribution is 7.76. The van der Waals surface area contributed by atoms with Gasteiger partial charge in [-0.3, -0.25) is 0 Å². The van der Waals surface area contributed by atoms with Crippen molar-refractivity contribution >= 4 is 22.2 Å². The first-order valence-corrected chi connectivity index (χ1v) is 15.5. The van der Waals surface area contributed by atoms with Gasteiger partial charge in [-0.2, -0.15) is 0 Å². The summed E-state index contributed by atoms with van der Waals surface area (Å²) >= 11 is 0. The molecule has 174 valence electrons. The van der Waals surface area contributed by atoms with Crippen molar-refractivity contribution in [3.63, 3.8) is 0 Å². The summed E-state index contributed by atoms with van der Waals surface area (Å²) in [5, 5.41) is 2.98. The Kier molecular flexibility index (Phi) is 15.5. The molecule has 0 radical (unpaired) electrons. The third kappa shape index (κ3) is 8.82. The number of hydrogen-bond donors (Lipinski definition) is 1. The van der Waals surface area contributed by atoms with Gasteiger partial charge < -0.3 is 23.3 Å². The molecule has 0 aromatic heterocycles. The van der Waals surface area contributed by atoms with Crippen molar-refractivity contribution in [2.75, 3.05) is 39.8 Å². The van der Waals surface area contributed by atoms with Gasteiger partial charge in [0.2, 0.25) is 5.85 Å². The Morgan fingerprint density at radius 3 is 1.59 bits per heavy atom. The second-order valence-corrected chi connectivity index (χ2v) is 15.4. The average molecular weight is 453 g/mol.